The fraction of sp³-hybridized carbons (Fsp3) is 0. The monoisotopic (exact) mass is 288 g/mol. The normalized spacial score (nSPS) is 18.8. The van der Waals surface area contributed by atoms with E-state index in [1.807, 2.05) is 0 Å². The number of amidine groups is 1. The van der Waals surface area contributed by atoms with E-state index in [1.165, 1.54) is 30.2 Å². The molecule has 2 aromatic rings. The van der Waals surface area contributed by atoms with Crippen LogP contribution >= 0.6 is 11.8 Å². The Morgan fingerprint density at radius 3 is 2.75 bits per heavy atom. The van der Waals surface area contributed by atoms with Gasteiger partial charge in [0.15, 0.2) is 5.17 Å². The maximum Gasteiger partial charge on any atom is 0.264 e. The van der Waals surface area contributed by atoms with Gasteiger partial charge in [0.25, 0.3) is 5.91 Å². The van der Waals surface area contributed by atoms with E-state index in [1.54, 1.807) is 30.3 Å². The van der Waals surface area contributed by atoms with Crippen LogP contribution in [0.15, 0.2) is 57.0 Å². The van der Waals surface area contributed by atoms with E-state index in [9.17, 15) is 9.18 Å². The van der Waals surface area contributed by atoms with Gasteiger partial charge in [-0.25, -0.2) is 9.38 Å². The molecule has 3 rings (SSSR count). The second-order valence-electron chi connectivity index (χ2n) is 3.97. The summed E-state index contributed by atoms with van der Waals surface area (Å²) in [4.78, 5) is 16.5. The number of benzene rings is 1. The van der Waals surface area contributed by atoms with Crippen LogP contribution in [-0.4, -0.2) is 11.1 Å². The van der Waals surface area contributed by atoms with Crippen molar-refractivity contribution in [3.63, 3.8) is 0 Å². The smallest absolute Gasteiger partial charge is 0.264 e. The molecular weight excluding hydrogens is 279 g/mol. The van der Waals surface area contributed by atoms with Crippen LogP contribution in [0.4, 0.5) is 10.1 Å². The fourth-order valence-corrected chi connectivity index (χ4v) is 2.44. The quantitative estimate of drug-likeness (QED) is 0.863. The third kappa shape index (κ3) is 2.80. The van der Waals surface area contributed by atoms with Crippen molar-refractivity contribution in [2.45, 2.75) is 0 Å². The number of nitrogens with zero attached hydrogens (tertiary/aromatic N) is 1. The summed E-state index contributed by atoms with van der Waals surface area (Å²) in [5, 5.41) is 3.11. The first-order chi connectivity index (χ1) is 9.70. The van der Waals surface area contributed by atoms with Gasteiger partial charge in [0, 0.05) is 6.08 Å². The summed E-state index contributed by atoms with van der Waals surface area (Å²) >= 11 is 1.21. The van der Waals surface area contributed by atoms with Crippen LogP contribution in [0.5, 0.6) is 0 Å². The summed E-state index contributed by atoms with van der Waals surface area (Å²) in [6, 6.07) is 9.24. The molecule has 0 bridgehead atoms. The third-order valence-corrected chi connectivity index (χ3v) is 3.43. The number of thioether (sulfide) groups is 1. The van der Waals surface area contributed by atoms with Crippen molar-refractivity contribution >= 4 is 34.6 Å². The molecule has 20 heavy (non-hydrogen) atoms. The maximum absolute atomic E-state index is 12.8. The van der Waals surface area contributed by atoms with Crippen molar-refractivity contribution in [3.05, 3.63) is 59.1 Å². The number of furan rings is 1. The van der Waals surface area contributed by atoms with Crippen LogP contribution in [-0.2, 0) is 4.79 Å². The average Bonchev–Trinajstić information content (AvgIpc) is 3.04. The van der Waals surface area contributed by atoms with Crippen LogP contribution in [0, 0.1) is 5.82 Å². The number of nitrogens with one attached hydrogen (secondary N) is 1. The highest BCUT2D eigenvalue weighted by Gasteiger charge is 2.24. The van der Waals surface area contributed by atoms with Gasteiger partial charge < -0.3 is 9.73 Å². The van der Waals surface area contributed by atoms with E-state index in [0.717, 1.165) is 0 Å². The lowest BCUT2D eigenvalue weighted by Crippen LogP contribution is -2.19. The molecule has 1 saturated heterocycles. The van der Waals surface area contributed by atoms with E-state index < -0.39 is 0 Å². The van der Waals surface area contributed by atoms with Gasteiger partial charge in [-0.1, -0.05) is 0 Å². The molecule has 1 aromatic carbocycles. The van der Waals surface area contributed by atoms with Crippen molar-refractivity contribution in [3.8, 4) is 0 Å². The number of hydrogen-bond donors (Lipinski definition) is 1. The zero-order chi connectivity index (χ0) is 13.9. The van der Waals surface area contributed by atoms with Gasteiger partial charge >= 0.3 is 0 Å². The van der Waals surface area contributed by atoms with Gasteiger partial charge in [0.1, 0.15) is 11.6 Å². The Bertz CT molecular complexity index is 690. The van der Waals surface area contributed by atoms with Crippen LogP contribution in [0.25, 0.3) is 6.08 Å². The molecule has 0 radical (unpaired) electrons. The second-order valence-corrected chi connectivity index (χ2v) is 5.00. The van der Waals surface area contributed by atoms with Crippen LogP contribution in [0.1, 0.15) is 5.76 Å². The molecule has 4 nitrogen and oxygen atoms in total. The minimum atomic E-state index is -0.324. The lowest BCUT2D eigenvalue weighted by molar-refractivity contribution is -0.115. The number of aliphatic imine (C=N–C) groups is 1. The van der Waals surface area contributed by atoms with E-state index in [2.05, 4.69) is 10.3 Å². The summed E-state index contributed by atoms with van der Waals surface area (Å²) in [6.07, 6.45) is 3.19. The van der Waals surface area contributed by atoms with Gasteiger partial charge in [-0.15, -0.1) is 0 Å². The van der Waals surface area contributed by atoms with Gasteiger partial charge in [0.2, 0.25) is 0 Å². The molecule has 1 aliphatic rings. The highest BCUT2D eigenvalue weighted by molar-refractivity contribution is 8.18. The predicted octanol–water partition coefficient (Wildman–Crippen LogP) is 3.31. The maximum atomic E-state index is 12.8. The number of hydrogen-bond acceptors (Lipinski definition) is 4. The molecule has 1 N–H and O–H groups in total. The second kappa shape index (κ2) is 5.34. The molecule has 0 spiro atoms. The molecule has 1 amide bonds. The molecule has 100 valence electrons. The summed E-state index contributed by atoms with van der Waals surface area (Å²) in [5.41, 5.74) is 0.577. The van der Waals surface area contributed by atoms with E-state index in [0.29, 0.717) is 21.5 Å². The summed E-state index contributed by atoms with van der Waals surface area (Å²) < 4.78 is 18.0. The topological polar surface area (TPSA) is 54.6 Å². The van der Waals surface area contributed by atoms with Gasteiger partial charge in [-0.3, -0.25) is 4.79 Å². The Hall–Kier alpha value is -2.34. The zero-order valence-corrected chi connectivity index (χ0v) is 11.0. The molecular formula is C14H9FN2O2S. The average molecular weight is 288 g/mol. The van der Waals surface area contributed by atoms with Crippen LogP contribution in [0.2, 0.25) is 0 Å². The Kier molecular flexibility index (Phi) is 3.39. The minimum Gasteiger partial charge on any atom is -0.465 e. The first-order valence-corrected chi connectivity index (χ1v) is 6.61. The highest BCUT2D eigenvalue weighted by atomic mass is 32.2. The van der Waals surface area contributed by atoms with Crippen molar-refractivity contribution in [2.75, 3.05) is 0 Å². The van der Waals surface area contributed by atoms with E-state index >= 15 is 0 Å². The first kappa shape index (κ1) is 12.7. The lowest BCUT2D eigenvalue weighted by atomic mass is 10.3. The standard InChI is InChI=1S/C14H9FN2O2S/c15-9-3-5-10(6-4-9)16-14-17-13(18)12(20-14)8-11-2-1-7-19-11/h1-8H,(H,16,17,18). The minimum absolute atomic E-state index is 0.229. The van der Waals surface area contributed by atoms with Crippen LogP contribution in [0.3, 0.4) is 0 Å². The number of amides is 1. The van der Waals surface area contributed by atoms with Gasteiger partial charge in [0.05, 0.1) is 16.9 Å². The highest BCUT2D eigenvalue weighted by Crippen LogP contribution is 2.28. The Balaban J connectivity index is 1.81. The van der Waals surface area contributed by atoms with E-state index in [-0.39, 0.29) is 11.7 Å². The number of carbonyl (C=O) groups is 1. The largest absolute Gasteiger partial charge is 0.465 e. The van der Waals surface area contributed by atoms with Gasteiger partial charge in [-0.2, -0.15) is 0 Å². The summed E-state index contributed by atoms with van der Waals surface area (Å²) in [6.45, 7) is 0. The number of carbonyl (C=O) groups excluding carboxylic acids is 1. The SMILES string of the molecule is O=C1NC(=Nc2ccc(F)cc2)SC1=Cc1ccco1. The molecule has 0 atom stereocenters. The molecule has 1 aromatic heterocycles. The van der Waals surface area contributed by atoms with Crippen LogP contribution < -0.4 is 5.32 Å². The molecule has 1 fully saturated rings. The van der Waals surface area contributed by atoms with Crippen molar-refractivity contribution in [1.82, 2.24) is 5.32 Å². The van der Waals surface area contributed by atoms with Gasteiger partial charge in [-0.05, 0) is 48.2 Å². The number of rotatable bonds is 2. The molecule has 6 heteroatoms. The molecule has 0 unspecified atom stereocenters. The Morgan fingerprint density at radius 1 is 1.25 bits per heavy atom. The molecule has 0 saturated carbocycles. The fourth-order valence-electron chi connectivity index (χ4n) is 1.62. The Morgan fingerprint density at radius 2 is 2.05 bits per heavy atom. The van der Waals surface area contributed by atoms with Crippen molar-refractivity contribution in [1.29, 1.82) is 0 Å². The summed E-state index contributed by atoms with van der Waals surface area (Å²) in [5.74, 6) is 0.0495. The molecule has 2 heterocycles. The Labute approximate surface area is 118 Å². The van der Waals surface area contributed by atoms with E-state index in [4.69, 9.17) is 4.42 Å². The third-order valence-electron chi connectivity index (χ3n) is 2.52. The molecule has 0 aliphatic carbocycles. The van der Waals surface area contributed by atoms with Crippen molar-refractivity contribution in [2.24, 2.45) is 4.99 Å². The first-order valence-electron chi connectivity index (χ1n) is 5.79. The number of halogens is 1. The van der Waals surface area contributed by atoms with Crippen molar-refractivity contribution < 1.29 is 13.6 Å². The molecule has 1 aliphatic heterocycles. The lowest BCUT2D eigenvalue weighted by Gasteiger charge is -1.95. The summed E-state index contributed by atoms with van der Waals surface area (Å²) in [7, 11) is 0. The predicted molar refractivity (Wildman–Crippen MR) is 75.9 cm³/mol. The zero-order valence-electron chi connectivity index (χ0n) is 10.2.